The van der Waals surface area contributed by atoms with Crippen LogP contribution < -0.4 is 10.5 Å². The molecule has 33 heavy (non-hydrogen) atoms. The van der Waals surface area contributed by atoms with E-state index in [1.54, 1.807) is 37.4 Å². The lowest BCUT2D eigenvalue weighted by atomic mass is 9.99. The Morgan fingerprint density at radius 1 is 1.15 bits per heavy atom. The number of ketones is 1. The predicted molar refractivity (Wildman–Crippen MR) is 123 cm³/mol. The number of hydrogen-bond donors (Lipinski definition) is 3. The molecule has 0 amide bonds. The fraction of sp³-hybridized carbons (Fsp3) is 0.130. The molecule has 0 fully saturated rings. The van der Waals surface area contributed by atoms with E-state index in [0.29, 0.717) is 28.7 Å². The molecule has 10 heteroatoms. The number of benzene rings is 2. The number of nitrogens with zero attached hydrogens (tertiary/aromatic N) is 1. The average molecular weight is 471 g/mol. The Bertz CT molecular complexity index is 1480. The number of aromatic nitrogens is 2. The highest BCUT2D eigenvalue weighted by Crippen LogP contribution is 2.30. The molecule has 170 valence electrons. The first-order chi connectivity index (χ1) is 15.7. The summed E-state index contributed by atoms with van der Waals surface area (Å²) < 4.78 is 55.8. The van der Waals surface area contributed by atoms with E-state index in [1.165, 1.54) is 6.20 Å². The van der Waals surface area contributed by atoms with Gasteiger partial charge in [0.2, 0.25) is 15.8 Å². The third kappa shape index (κ3) is 4.42. The Hall–Kier alpha value is -3.79. The van der Waals surface area contributed by atoms with Crippen LogP contribution in [0.15, 0.2) is 54.9 Å². The van der Waals surface area contributed by atoms with Crippen LogP contribution in [0, 0.1) is 11.6 Å². The molecule has 0 atom stereocenters. The topological polar surface area (TPSA) is 118 Å². The number of rotatable bonds is 7. The number of sulfonamides is 1. The van der Waals surface area contributed by atoms with E-state index in [-0.39, 0.29) is 11.3 Å². The molecule has 4 N–H and O–H groups in total. The molecule has 0 aliphatic heterocycles. The van der Waals surface area contributed by atoms with E-state index < -0.39 is 38.7 Å². The molecular formula is C23H20F2N4O3S. The number of anilines is 2. The number of carbonyl (C=O) groups is 1. The van der Waals surface area contributed by atoms with Crippen LogP contribution in [0.25, 0.3) is 22.2 Å². The summed E-state index contributed by atoms with van der Waals surface area (Å²) in [5.41, 5.74) is 6.80. The Balaban J connectivity index is 1.79. The molecule has 0 spiro atoms. The minimum absolute atomic E-state index is 0.00498. The van der Waals surface area contributed by atoms with Gasteiger partial charge in [0.1, 0.15) is 11.5 Å². The second kappa shape index (κ2) is 8.62. The number of carbonyl (C=O) groups excluding carboxylic acids is 1. The largest absolute Gasteiger partial charge is 0.399 e. The fourth-order valence-electron chi connectivity index (χ4n) is 3.53. The van der Waals surface area contributed by atoms with E-state index >= 15 is 4.39 Å². The number of nitrogens with one attached hydrogen (secondary N) is 2. The third-order valence-electron chi connectivity index (χ3n) is 5.05. The van der Waals surface area contributed by atoms with Crippen molar-refractivity contribution in [3.8, 4) is 11.1 Å². The van der Waals surface area contributed by atoms with Crippen molar-refractivity contribution in [3.05, 3.63) is 77.6 Å². The molecule has 2 aromatic carbocycles. The van der Waals surface area contributed by atoms with Crippen molar-refractivity contribution < 1.29 is 22.0 Å². The highest BCUT2D eigenvalue weighted by atomic mass is 32.2. The molecule has 4 aromatic rings. The van der Waals surface area contributed by atoms with Gasteiger partial charge >= 0.3 is 0 Å². The summed E-state index contributed by atoms with van der Waals surface area (Å²) in [4.78, 5) is 20.3. The summed E-state index contributed by atoms with van der Waals surface area (Å²) in [5.74, 6) is -3.58. The van der Waals surface area contributed by atoms with Crippen LogP contribution in [-0.2, 0) is 10.0 Å². The van der Waals surface area contributed by atoms with Gasteiger partial charge in [-0.1, -0.05) is 19.1 Å². The molecule has 0 unspecified atom stereocenters. The van der Waals surface area contributed by atoms with E-state index in [2.05, 4.69) is 14.7 Å². The fourth-order valence-corrected chi connectivity index (χ4v) is 4.66. The molecule has 0 bridgehead atoms. The lowest BCUT2D eigenvalue weighted by Gasteiger charge is -2.11. The molecule has 0 saturated carbocycles. The maximum absolute atomic E-state index is 15.1. The maximum atomic E-state index is 15.1. The molecule has 0 radical (unpaired) electrons. The van der Waals surface area contributed by atoms with E-state index in [1.807, 2.05) is 6.07 Å². The highest BCUT2D eigenvalue weighted by Gasteiger charge is 2.26. The van der Waals surface area contributed by atoms with Crippen molar-refractivity contribution in [3.63, 3.8) is 0 Å². The first kappa shape index (κ1) is 22.4. The third-order valence-corrected chi connectivity index (χ3v) is 6.53. The summed E-state index contributed by atoms with van der Waals surface area (Å²) in [6.45, 7) is 1.65. The first-order valence-electron chi connectivity index (χ1n) is 10.1. The van der Waals surface area contributed by atoms with Gasteiger partial charge in [-0.15, -0.1) is 0 Å². The smallest absolute Gasteiger partial charge is 0.232 e. The van der Waals surface area contributed by atoms with Gasteiger partial charge in [0.25, 0.3) is 0 Å². The summed E-state index contributed by atoms with van der Waals surface area (Å²) in [5, 5.41) is 0.357. The van der Waals surface area contributed by atoms with Gasteiger partial charge in [0.05, 0.1) is 17.0 Å². The zero-order chi connectivity index (χ0) is 23.8. The number of H-pyrrole nitrogens is 1. The molecule has 0 saturated heterocycles. The second-order valence-corrected chi connectivity index (χ2v) is 9.32. The number of fused-ring (bicyclic) bond motifs is 1. The molecule has 7 nitrogen and oxygen atoms in total. The van der Waals surface area contributed by atoms with Crippen molar-refractivity contribution in [2.24, 2.45) is 0 Å². The molecular weight excluding hydrogens is 450 g/mol. The summed E-state index contributed by atoms with van der Waals surface area (Å²) in [6, 6.07) is 10.5. The van der Waals surface area contributed by atoms with Gasteiger partial charge in [-0.25, -0.2) is 22.2 Å². The van der Waals surface area contributed by atoms with Crippen molar-refractivity contribution in [2.75, 3.05) is 16.2 Å². The van der Waals surface area contributed by atoms with Crippen LogP contribution >= 0.6 is 0 Å². The Morgan fingerprint density at radius 2 is 1.94 bits per heavy atom. The van der Waals surface area contributed by atoms with Gasteiger partial charge in [-0.2, -0.15) is 0 Å². The SMILES string of the molecule is CCCS(=O)(=O)Nc1ccc(F)c(C(=O)c2c[nH]c3ncc(-c4cccc(N)c4)cc23)c1F. The Labute approximate surface area is 188 Å². The summed E-state index contributed by atoms with van der Waals surface area (Å²) in [6.07, 6.45) is 3.21. The van der Waals surface area contributed by atoms with Crippen LogP contribution in [-0.4, -0.2) is 29.9 Å². The number of pyridine rings is 1. The predicted octanol–water partition coefficient (Wildman–Crippen LogP) is 4.47. The normalized spacial score (nSPS) is 11.6. The van der Waals surface area contributed by atoms with E-state index in [9.17, 15) is 17.6 Å². The lowest BCUT2D eigenvalue weighted by molar-refractivity contribution is 0.103. The molecule has 4 rings (SSSR count). The zero-order valence-corrected chi connectivity index (χ0v) is 18.3. The van der Waals surface area contributed by atoms with Crippen LogP contribution in [0.2, 0.25) is 0 Å². The molecule has 2 heterocycles. The zero-order valence-electron chi connectivity index (χ0n) is 17.5. The number of nitrogens with two attached hydrogens (primary N) is 1. The summed E-state index contributed by atoms with van der Waals surface area (Å²) >= 11 is 0. The molecule has 0 aliphatic rings. The second-order valence-electron chi connectivity index (χ2n) is 7.48. The van der Waals surface area contributed by atoms with Gasteiger partial charge in [0.15, 0.2) is 5.82 Å². The Kier molecular flexibility index (Phi) is 5.86. The van der Waals surface area contributed by atoms with Gasteiger partial charge in [0, 0.05) is 34.6 Å². The standard InChI is InChI=1S/C23H20F2N4O3S/c1-2-8-33(31,32)29-19-7-6-18(24)20(21(19)25)22(30)17-12-28-23-16(17)10-14(11-27-23)13-4-3-5-15(26)9-13/h3-7,9-12,29H,2,8,26H2,1H3,(H,27,28). The van der Waals surface area contributed by atoms with Crippen molar-refractivity contribution in [1.82, 2.24) is 9.97 Å². The van der Waals surface area contributed by atoms with E-state index in [0.717, 1.165) is 17.7 Å². The highest BCUT2D eigenvalue weighted by molar-refractivity contribution is 7.92. The van der Waals surface area contributed by atoms with Gasteiger partial charge < -0.3 is 10.7 Å². The van der Waals surface area contributed by atoms with E-state index in [4.69, 9.17) is 5.73 Å². The number of nitrogen functional groups attached to an aromatic ring is 1. The van der Waals surface area contributed by atoms with Crippen molar-refractivity contribution >= 4 is 38.2 Å². The Morgan fingerprint density at radius 3 is 2.67 bits per heavy atom. The van der Waals surface area contributed by atoms with Gasteiger partial charge in [-0.3, -0.25) is 9.52 Å². The maximum Gasteiger partial charge on any atom is 0.232 e. The number of aromatic amines is 1. The average Bonchev–Trinajstić information content (AvgIpc) is 3.19. The minimum atomic E-state index is -3.84. The molecule has 2 aromatic heterocycles. The monoisotopic (exact) mass is 470 g/mol. The molecule has 0 aliphatic carbocycles. The first-order valence-corrected chi connectivity index (χ1v) is 11.7. The number of hydrogen-bond acceptors (Lipinski definition) is 5. The van der Waals surface area contributed by atoms with Crippen LogP contribution in [0.4, 0.5) is 20.2 Å². The van der Waals surface area contributed by atoms with Crippen LogP contribution in [0.5, 0.6) is 0 Å². The van der Waals surface area contributed by atoms with Crippen LogP contribution in [0.1, 0.15) is 29.3 Å². The number of halogens is 2. The van der Waals surface area contributed by atoms with Crippen molar-refractivity contribution in [1.29, 1.82) is 0 Å². The minimum Gasteiger partial charge on any atom is -0.399 e. The van der Waals surface area contributed by atoms with Crippen molar-refractivity contribution in [2.45, 2.75) is 13.3 Å². The lowest BCUT2D eigenvalue weighted by Crippen LogP contribution is -2.18. The van der Waals surface area contributed by atoms with Crippen LogP contribution in [0.3, 0.4) is 0 Å². The van der Waals surface area contributed by atoms with Gasteiger partial charge in [-0.05, 0) is 42.3 Å². The quantitative estimate of drug-likeness (QED) is 0.272. The summed E-state index contributed by atoms with van der Waals surface area (Å²) in [7, 11) is -3.84.